The van der Waals surface area contributed by atoms with E-state index in [-0.39, 0.29) is 23.4 Å². The van der Waals surface area contributed by atoms with E-state index >= 15 is 0 Å². The standard InChI is InChI=1S/C23H30O2/c1-17(2)21(16-15-18-11-7-6-8-12-18)25-22(24)19-13-9-10-14-20(19)23(3,4)5/h6-14,17,21H,15-16H2,1-5H3. The SMILES string of the molecule is CC(C)C(CCc1ccccc1)OC(=O)c1ccccc1C(C)(C)C. The Balaban J connectivity index is 2.11. The number of hydrogen-bond acceptors (Lipinski definition) is 2. The zero-order valence-electron chi connectivity index (χ0n) is 16.1. The quantitative estimate of drug-likeness (QED) is 0.622. The molecule has 0 aliphatic carbocycles. The second-order valence-corrected chi connectivity index (χ2v) is 8.01. The zero-order valence-corrected chi connectivity index (χ0v) is 16.1. The van der Waals surface area contributed by atoms with Crippen molar-refractivity contribution in [3.63, 3.8) is 0 Å². The van der Waals surface area contributed by atoms with Crippen LogP contribution in [-0.2, 0) is 16.6 Å². The second-order valence-electron chi connectivity index (χ2n) is 8.01. The van der Waals surface area contributed by atoms with Gasteiger partial charge in [0.25, 0.3) is 0 Å². The summed E-state index contributed by atoms with van der Waals surface area (Å²) < 4.78 is 5.92. The number of ether oxygens (including phenoxy) is 1. The molecule has 1 atom stereocenters. The van der Waals surface area contributed by atoms with Crippen molar-refractivity contribution >= 4 is 5.97 Å². The molecule has 0 fully saturated rings. The summed E-state index contributed by atoms with van der Waals surface area (Å²) in [6.45, 7) is 10.6. The van der Waals surface area contributed by atoms with Gasteiger partial charge < -0.3 is 4.74 Å². The maximum atomic E-state index is 12.8. The van der Waals surface area contributed by atoms with Crippen molar-refractivity contribution in [3.8, 4) is 0 Å². The van der Waals surface area contributed by atoms with E-state index in [9.17, 15) is 4.79 Å². The van der Waals surface area contributed by atoms with Gasteiger partial charge in [0, 0.05) is 0 Å². The van der Waals surface area contributed by atoms with Gasteiger partial charge >= 0.3 is 5.97 Å². The summed E-state index contributed by atoms with van der Waals surface area (Å²) in [5.41, 5.74) is 2.90. The molecular weight excluding hydrogens is 308 g/mol. The minimum atomic E-state index is -0.211. The highest BCUT2D eigenvalue weighted by Gasteiger charge is 2.25. The Hall–Kier alpha value is -2.09. The maximum absolute atomic E-state index is 12.8. The average Bonchev–Trinajstić information content (AvgIpc) is 2.58. The van der Waals surface area contributed by atoms with E-state index in [0.29, 0.717) is 5.56 Å². The molecule has 2 aromatic rings. The lowest BCUT2D eigenvalue weighted by atomic mass is 9.84. The van der Waals surface area contributed by atoms with Crippen LogP contribution >= 0.6 is 0 Å². The van der Waals surface area contributed by atoms with Gasteiger partial charge in [0.1, 0.15) is 6.10 Å². The van der Waals surface area contributed by atoms with Crippen LogP contribution in [-0.4, -0.2) is 12.1 Å². The van der Waals surface area contributed by atoms with E-state index in [4.69, 9.17) is 4.74 Å². The monoisotopic (exact) mass is 338 g/mol. The normalized spacial score (nSPS) is 12.9. The summed E-state index contributed by atoms with van der Waals surface area (Å²) >= 11 is 0. The molecule has 2 aromatic carbocycles. The fourth-order valence-corrected chi connectivity index (χ4v) is 3.00. The van der Waals surface area contributed by atoms with Crippen LogP contribution in [0.4, 0.5) is 0 Å². The van der Waals surface area contributed by atoms with Crippen LogP contribution < -0.4 is 0 Å². The van der Waals surface area contributed by atoms with Crippen LogP contribution in [0.15, 0.2) is 54.6 Å². The lowest BCUT2D eigenvalue weighted by molar-refractivity contribution is 0.0157. The molecule has 0 N–H and O–H groups in total. The molecule has 0 aliphatic rings. The first-order valence-electron chi connectivity index (χ1n) is 9.13. The fraction of sp³-hybridized carbons (Fsp3) is 0.435. The minimum absolute atomic E-state index is 0.0827. The van der Waals surface area contributed by atoms with E-state index < -0.39 is 0 Å². The number of hydrogen-bond donors (Lipinski definition) is 0. The highest BCUT2D eigenvalue weighted by atomic mass is 16.5. The highest BCUT2D eigenvalue weighted by Crippen LogP contribution is 2.27. The van der Waals surface area contributed by atoms with Gasteiger partial charge in [0.05, 0.1) is 5.56 Å². The van der Waals surface area contributed by atoms with E-state index in [2.05, 4.69) is 46.8 Å². The highest BCUT2D eigenvalue weighted by molar-refractivity contribution is 5.91. The molecule has 1 unspecified atom stereocenters. The fourth-order valence-electron chi connectivity index (χ4n) is 3.00. The number of esters is 1. The first-order chi connectivity index (χ1) is 11.8. The molecule has 0 saturated heterocycles. The lowest BCUT2D eigenvalue weighted by Gasteiger charge is -2.25. The Morgan fingerprint density at radius 3 is 2.16 bits per heavy atom. The molecule has 2 rings (SSSR count). The van der Waals surface area contributed by atoms with Crippen molar-refractivity contribution in [2.24, 2.45) is 5.92 Å². The summed E-state index contributed by atoms with van der Waals surface area (Å²) in [4.78, 5) is 12.8. The molecule has 134 valence electrons. The average molecular weight is 338 g/mol. The number of aryl methyl sites for hydroxylation is 1. The topological polar surface area (TPSA) is 26.3 Å². The van der Waals surface area contributed by atoms with Gasteiger partial charge in [0.2, 0.25) is 0 Å². The van der Waals surface area contributed by atoms with Crippen LogP contribution in [0.25, 0.3) is 0 Å². The molecule has 0 aromatic heterocycles. The zero-order chi connectivity index (χ0) is 18.4. The van der Waals surface area contributed by atoms with Gasteiger partial charge in [-0.15, -0.1) is 0 Å². The van der Waals surface area contributed by atoms with E-state index in [1.807, 2.05) is 42.5 Å². The molecule has 2 nitrogen and oxygen atoms in total. The number of rotatable bonds is 6. The molecule has 0 heterocycles. The van der Waals surface area contributed by atoms with E-state index in [1.54, 1.807) is 0 Å². The third-order valence-corrected chi connectivity index (χ3v) is 4.52. The summed E-state index contributed by atoms with van der Waals surface area (Å²) in [7, 11) is 0. The lowest BCUT2D eigenvalue weighted by Crippen LogP contribution is -2.26. The van der Waals surface area contributed by atoms with Crippen molar-refractivity contribution in [2.75, 3.05) is 0 Å². The molecular formula is C23H30O2. The van der Waals surface area contributed by atoms with Gasteiger partial charge in [0.15, 0.2) is 0 Å². The molecule has 25 heavy (non-hydrogen) atoms. The van der Waals surface area contributed by atoms with E-state index in [0.717, 1.165) is 18.4 Å². The molecule has 0 radical (unpaired) electrons. The van der Waals surface area contributed by atoms with Gasteiger partial charge in [-0.1, -0.05) is 83.1 Å². The van der Waals surface area contributed by atoms with Crippen LogP contribution in [0.1, 0.15) is 62.5 Å². The molecule has 0 aliphatic heterocycles. The number of carbonyl (C=O) groups excluding carboxylic acids is 1. The van der Waals surface area contributed by atoms with Gasteiger partial charge in [-0.05, 0) is 41.4 Å². The predicted molar refractivity (Wildman–Crippen MR) is 104 cm³/mol. The Morgan fingerprint density at radius 2 is 1.56 bits per heavy atom. The third-order valence-electron chi connectivity index (χ3n) is 4.52. The van der Waals surface area contributed by atoms with Crippen molar-refractivity contribution in [1.82, 2.24) is 0 Å². The second kappa shape index (κ2) is 8.33. The van der Waals surface area contributed by atoms with Crippen LogP contribution in [0.3, 0.4) is 0 Å². The van der Waals surface area contributed by atoms with Crippen molar-refractivity contribution in [1.29, 1.82) is 0 Å². The van der Waals surface area contributed by atoms with Crippen molar-refractivity contribution in [3.05, 3.63) is 71.3 Å². The minimum Gasteiger partial charge on any atom is -0.458 e. The summed E-state index contributed by atoms with van der Waals surface area (Å²) in [6.07, 6.45) is 1.67. The molecule has 0 amide bonds. The first kappa shape index (κ1) is 19.2. The predicted octanol–water partition coefficient (Wildman–Crippen LogP) is 5.80. The number of benzene rings is 2. The Morgan fingerprint density at radius 1 is 0.960 bits per heavy atom. The van der Waals surface area contributed by atoms with Gasteiger partial charge in [-0.3, -0.25) is 0 Å². The van der Waals surface area contributed by atoms with Crippen LogP contribution in [0.5, 0.6) is 0 Å². The van der Waals surface area contributed by atoms with Crippen LogP contribution in [0.2, 0.25) is 0 Å². The largest absolute Gasteiger partial charge is 0.458 e. The van der Waals surface area contributed by atoms with Crippen molar-refractivity contribution < 1.29 is 9.53 Å². The number of carbonyl (C=O) groups is 1. The Labute approximate surface area is 152 Å². The van der Waals surface area contributed by atoms with E-state index in [1.165, 1.54) is 5.56 Å². The Kier molecular flexibility index (Phi) is 6.41. The third kappa shape index (κ3) is 5.45. The van der Waals surface area contributed by atoms with Gasteiger partial charge in [-0.2, -0.15) is 0 Å². The van der Waals surface area contributed by atoms with Gasteiger partial charge in [-0.25, -0.2) is 4.79 Å². The Bertz CT molecular complexity index is 681. The molecule has 0 bridgehead atoms. The maximum Gasteiger partial charge on any atom is 0.338 e. The molecule has 0 saturated carbocycles. The summed E-state index contributed by atoms with van der Waals surface area (Å²) in [5.74, 6) is 0.0757. The van der Waals surface area contributed by atoms with Crippen molar-refractivity contribution in [2.45, 2.75) is 59.0 Å². The summed E-state index contributed by atoms with van der Waals surface area (Å²) in [5, 5.41) is 0. The molecule has 2 heteroatoms. The van der Waals surface area contributed by atoms with Crippen LogP contribution in [0, 0.1) is 5.92 Å². The smallest absolute Gasteiger partial charge is 0.338 e. The first-order valence-corrected chi connectivity index (χ1v) is 9.13. The summed E-state index contributed by atoms with van der Waals surface area (Å²) in [6, 6.07) is 18.1. The molecule has 0 spiro atoms.